The van der Waals surface area contributed by atoms with Crippen molar-refractivity contribution in [1.82, 2.24) is 0 Å². The first-order valence-corrected chi connectivity index (χ1v) is 11.6. The lowest BCUT2D eigenvalue weighted by Crippen LogP contribution is -2.63. The van der Waals surface area contributed by atoms with E-state index in [4.69, 9.17) is 9.47 Å². The van der Waals surface area contributed by atoms with E-state index in [9.17, 15) is 14.7 Å². The van der Waals surface area contributed by atoms with E-state index in [0.717, 1.165) is 25.7 Å². The average molecular weight is 435 g/mol. The number of methoxy groups -OCH3 is 1. The highest BCUT2D eigenvalue weighted by Gasteiger charge is 2.82. The van der Waals surface area contributed by atoms with Gasteiger partial charge in [0.25, 0.3) is 0 Å². The molecule has 3 aliphatic rings. The van der Waals surface area contributed by atoms with Crippen LogP contribution in [-0.4, -0.2) is 24.2 Å². The van der Waals surface area contributed by atoms with Crippen molar-refractivity contribution < 1.29 is 24.2 Å². The monoisotopic (exact) mass is 434 g/mol. The van der Waals surface area contributed by atoms with E-state index in [0.29, 0.717) is 36.8 Å². The molecule has 0 amide bonds. The third-order valence-electron chi connectivity index (χ3n) is 8.37. The maximum Gasteiger partial charge on any atom is 0.316 e. The summed E-state index contributed by atoms with van der Waals surface area (Å²) in [5.74, 6) is -0.823. The number of ether oxygens (including phenoxy) is 2. The van der Waals surface area contributed by atoms with E-state index in [-0.39, 0.29) is 0 Å². The third kappa shape index (κ3) is 2.38. The summed E-state index contributed by atoms with van der Waals surface area (Å²) in [4.78, 5) is 27.5. The molecule has 1 saturated heterocycles. The Morgan fingerprint density at radius 3 is 1.88 bits per heavy atom. The number of carbonyl (C=O) groups excluding carboxylic acids is 2. The van der Waals surface area contributed by atoms with Crippen LogP contribution in [-0.2, 0) is 30.3 Å². The Kier molecular flexibility index (Phi) is 4.93. The predicted molar refractivity (Wildman–Crippen MR) is 118 cm³/mol. The number of esters is 2. The number of aliphatic hydroxyl groups is 1. The highest BCUT2D eigenvalue weighted by molar-refractivity contribution is 5.88. The van der Waals surface area contributed by atoms with Crippen LogP contribution in [0.1, 0.15) is 62.5 Å². The number of rotatable bonds is 4. The molecule has 0 radical (unpaired) electrons. The molecule has 2 aromatic rings. The molecule has 1 spiro atoms. The molecule has 0 bridgehead atoms. The molecule has 5 rings (SSSR count). The van der Waals surface area contributed by atoms with E-state index in [1.165, 1.54) is 7.11 Å². The second-order valence-corrected chi connectivity index (χ2v) is 9.58. The lowest BCUT2D eigenvalue weighted by atomic mass is 9.51. The van der Waals surface area contributed by atoms with Gasteiger partial charge in [-0.05, 0) is 36.8 Å². The Hall–Kier alpha value is -2.66. The van der Waals surface area contributed by atoms with Gasteiger partial charge in [0.1, 0.15) is 10.8 Å². The van der Waals surface area contributed by atoms with Gasteiger partial charge in [0.05, 0.1) is 7.11 Å². The molecule has 2 atom stereocenters. The van der Waals surface area contributed by atoms with Gasteiger partial charge >= 0.3 is 11.9 Å². The Labute approximate surface area is 188 Å². The van der Waals surface area contributed by atoms with Gasteiger partial charge in [-0.25, -0.2) is 0 Å². The fourth-order valence-electron chi connectivity index (χ4n) is 7.03. The Morgan fingerprint density at radius 2 is 1.34 bits per heavy atom. The Morgan fingerprint density at radius 1 is 0.844 bits per heavy atom. The minimum absolute atomic E-state index is 0.402. The van der Waals surface area contributed by atoms with Crippen LogP contribution in [0.5, 0.6) is 0 Å². The highest BCUT2D eigenvalue weighted by atomic mass is 16.6. The first-order valence-electron chi connectivity index (χ1n) is 11.6. The quantitative estimate of drug-likeness (QED) is 0.711. The summed E-state index contributed by atoms with van der Waals surface area (Å²) in [5, 5.41) is 13.1. The van der Waals surface area contributed by atoms with Crippen LogP contribution < -0.4 is 0 Å². The molecule has 3 fully saturated rings. The zero-order valence-corrected chi connectivity index (χ0v) is 18.5. The van der Waals surface area contributed by atoms with Crippen LogP contribution in [0.2, 0.25) is 0 Å². The van der Waals surface area contributed by atoms with Crippen molar-refractivity contribution in [1.29, 1.82) is 0 Å². The minimum atomic E-state index is -1.71. The summed E-state index contributed by atoms with van der Waals surface area (Å²) in [7, 11) is 1.38. The maximum absolute atomic E-state index is 13.9. The lowest BCUT2D eigenvalue weighted by Gasteiger charge is -2.53. The van der Waals surface area contributed by atoms with Gasteiger partial charge in [0.15, 0.2) is 11.2 Å². The molecule has 32 heavy (non-hydrogen) atoms. The van der Waals surface area contributed by atoms with Crippen molar-refractivity contribution in [2.24, 2.45) is 10.8 Å². The molecular formula is C27H30O5. The fraction of sp³-hybridized carbons (Fsp3) is 0.481. The van der Waals surface area contributed by atoms with Gasteiger partial charge in [-0.3, -0.25) is 9.59 Å². The third-order valence-corrected chi connectivity index (χ3v) is 8.37. The fourth-order valence-corrected chi connectivity index (χ4v) is 7.03. The number of hydrogen-bond acceptors (Lipinski definition) is 5. The summed E-state index contributed by atoms with van der Waals surface area (Å²) in [6.45, 7) is 0. The molecule has 1 N–H and O–H groups in total. The Bertz CT molecular complexity index is 1000. The standard InChI is InChI=1S/C27H30O5/c1-31-22(28)25(18-10-11-19-25)27(21-14-6-3-7-15-21)26(30,20-12-4-2-5-13-20)24(23(29)32-27)16-8-9-17-24/h2-7,12-15,30H,8-11,16-19H2,1H3. The van der Waals surface area contributed by atoms with Crippen molar-refractivity contribution in [3.05, 3.63) is 71.8 Å². The number of hydrogen-bond donors (Lipinski definition) is 1. The molecule has 2 aliphatic carbocycles. The molecular weight excluding hydrogens is 404 g/mol. The van der Waals surface area contributed by atoms with Crippen LogP contribution in [0.15, 0.2) is 60.7 Å². The number of cyclic esters (lactones) is 1. The van der Waals surface area contributed by atoms with Gasteiger partial charge in [-0.15, -0.1) is 0 Å². The minimum Gasteiger partial charge on any atom is -0.468 e. The van der Waals surface area contributed by atoms with Crippen LogP contribution >= 0.6 is 0 Å². The smallest absolute Gasteiger partial charge is 0.316 e. The average Bonchev–Trinajstić information content (AvgIpc) is 3.57. The van der Waals surface area contributed by atoms with E-state index >= 15 is 0 Å². The first-order chi connectivity index (χ1) is 15.5. The normalized spacial score (nSPS) is 30.4. The van der Waals surface area contributed by atoms with E-state index in [1.807, 2.05) is 60.7 Å². The SMILES string of the molecule is COC(=O)C1(C2(c3ccccc3)OC(=O)C3(CCCC3)C2(O)c2ccccc2)CCCC1. The molecule has 0 aromatic heterocycles. The second kappa shape index (κ2) is 7.45. The van der Waals surface area contributed by atoms with Gasteiger partial charge in [-0.1, -0.05) is 86.3 Å². The van der Waals surface area contributed by atoms with Crippen molar-refractivity contribution in [2.75, 3.05) is 7.11 Å². The predicted octanol–water partition coefficient (Wildman–Crippen LogP) is 4.62. The zero-order chi connectivity index (χ0) is 22.5. The molecule has 5 heteroatoms. The maximum atomic E-state index is 13.9. The van der Waals surface area contributed by atoms with E-state index in [1.54, 1.807) is 0 Å². The number of benzene rings is 2. The molecule has 5 nitrogen and oxygen atoms in total. The summed E-state index contributed by atoms with van der Waals surface area (Å²) >= 11 is 0. The molecule has 1 heterocycles. The molecule has 2 unspecified atom stereocenters. The molecule has 2 saturated carbocycles. The van der Waals surface area contributed by atoms with E-state index in [2.05, 4.69) is 0 Å². The lowest BCUT2D eigenvalue weighted by molar-refractivity contribution is -0.230. The molecule has 1 aliphatic heterocycles. The van der Waals surface area contributed by atoms with Crippen LogP contribution in [0.25, 0.3) is 0 Å². The van der Waals surface area contributed by atoms with Crippen molar-refractivity contribution in [2.45, 2.75) is 62.6 Å². The summed E-state index contributed by atoms with van der Waals surface area (Å²) in [6.07, 6.45) is 5.32. The van der Waals surface area contributed by atoms with E-state index < -0.39 is 34.0 Å². The second-order valence-electron chi connectivity index (χ2n) is 9.58. The topological polar surface area (TPSA) is 72.8 Å². The Balaban J connectivity index is 1.91. The van der Waals surface area contributed by atoms with Crippen molar-refractivity contribution >= 4 is 11.9 Å². The van der Waals surface area contributed by atoms with Gasteiger partial charge < -0.3 is 14.6 Å². The largest absolute Gasteiger partial charge is 0.468 e. The van der Waals surface area contributed by atoms with Crippen LogP contribution in [0, 0.1) is 10.8 Å². The van der Waals surface area contributed by atoms with Gasteiger partial charge in [-0.2, -0.15) is 0 Å². The summed E-state index contributed by atoms with van der Waals surface area (Å²) in [6, 6.07) is 18.7. The van der Waals surface area contributed by atoms with Gasteiger partial charge in [0.2, 0.25) is 0 Å². The van der Waals surface area contributed by atoms with Gasteiger partial charge in [0, 0.05) is 0 Å². The van der Waals surface area contributed by atoms with Crippen LogP contribution in [0.3, 0.4) is 0 Å². The highest BCUT2D eigenvalue weighted by Crippen LogP contribution is 2.72. The van der Waals surface area contributed by atoms with Crippen molar-refractivity contribution in [3.63, 3.8) is 0 Å². The first kappa shape index (κ1) is 21.2. The number of carbonyl (C=O) groups is 2. The zero-order valence-electron chi connectivity index (χ0n) is 18.5. The molecule has 2 aromatic carbocycles. The molecule has 168 valence electrons. The summed E-state index contributed by atoms with van der Waals surface area (Å²) < 4.78 is 11.8. The summed E-state index contributed by atoms with van der Waals surface area (Å²) in [5.41, 5.74) is -4.30. The van der Waals surface area contributed by atoms with Crippen molar-refractivity contribution in [3.8, 4) is 0 Å². The van der Waals surface area contributed by atoms with Crippen LogP contribution in [0.4, 0.5) is 0 Å².